The van der Waals surface area contributed by atoms with E-state index in [1.54, 1.807) is 11.9 Å². The lowest BCUT2D eigenvalue weighted by atomic mass is 9.99. The van der Waals surface area contributed by atoms with Crippen LogP contribution in [0.25, 0.3) is 0 Å². The molecule has 0 bridgehead atoms. The Morgan fingerprint density at radius 3 is 2.53 bits per heavy atom. The molecule has 100 valence electrons. The van der Waals surface area contributed by atoms with E-state index in [0.717, 1.165) is 18.4 Å². The van der Waals surface area contributed by atoms with Gasteiger partial charge >= 0.3 is 0 Å². The van der Waals surface area contributed by atoms with Gasteiger partial charge in [0.2, 0.25) is 11.8 Å². The van der Waals surface area contributed by atoms with E-state index in [0.29, 0.717) is 12.3 Å². The standard InChI is InChI=1S/C15H18N2O2/c1-17-12(9-10-5-3-2-4-6-10)14(18)16-13(15(17)19)11-7-8-11/h2-6,11-13H,7-9H2,1H3,(H,16,18). The quantitative estimate of drug-likeness (QED) is 0.878. The van der Waals surface area contributed by atoms with Gasteiger partial charge in [0.1, 0.15) is 12.1 Å². The van der Waals surface area contributed by atoms with Gasteiger partial charge in [-0.1, -0.05) is 30.3 Å². The van der Waals surface area contributed by atoms with Crippen LogP contribution in [0, 0.1) is 5.92 Å². The summed E-state index contributed by atoms with van der Waals surface area (Å²) in [4.78, 5) is 26.1. The number of likely N-dealkylation sites (N-methyl/N-ethyl adjacent to an activating group) is 1. The summed E-state index contributed by atoms with van der Waals surface area (Å²) in [5.74, 6) is 0.391. The minimum absolute atomic E-state index is 0.0251. The van der Waals surface area contributed by atoms with Crippen LogP contribution in [-0.4, -0.2) is 35.8 Å². The summed E-state index contributed by atoms with van der Waals surface area (Å²) in [5, 5.41) is 2.90. The first-order chi connectivity index (χ1) is 9.16. The lowest BCUT2D eigenvalue weighted by molar-refractivity contribution is -0.148. The van der Waals surface area contributed by atoms with Crippen molar-refractivity contribution >= 4 is 11.8 Å². The van der Waals surface area contributed by atoms with Crippen LogP contribution >= 0.6 is 0 Å². The van der Waals surface area contributed by atoms with Gasteiger partial charge < -0.3 is 10.2 Å². The molecule has 0 aromatic heterocycles. The van der Waals surface area contributed by atoms with Gasteiger partial charge in [-0.25, -0.2) is 0 Å². The van der Waals surface area contributed by atoms with Crippen LogP contribution < -0.4 is 5.32 Å². The smallest absolute Gasteiger partial charge is 0.245 e. The first-order valence-corrected chi connectivity index (χ1v) is 6.78. The van der Waals surface area contributed by atoms with Crippen molar-refractivity contribution in [1.82, 2.24) is 10.2 Å². The van der Waals surface area contributed by atoms with Crippen molar-refractivity contribution in [3.63, 3.8) is 0 Å². The van der Waals surface area contributed by atoms with Crippen molar-refractivity contribution in [1.29, 1.82) is 0 Å². The average molecular weight is 258 g/mol. The highest BCUT2D eigenvalue weighted by molar-refractivity contribution is 5.97. The van der Waals surface area contributed by atoms with Crippen molar-refractivity contribution in [3.8, 4) is 0 Å². The molecular formula is C15H18N2O2. The molecule has 2 atom stereocenters. The Kier molecular flexibility index (Phi) is 3.01. The van der Waals surface area contributed by atoms with Gasteiger partial charge in [0, 0.05) is 13.5 Å². The largest absolute Gasteiger partial charge is 0.342 e. The molecule has 2 amide bonds. The van der Waals surface area contributed by atoms with Gasteiger partial charge in [-0.05, 0) is 24.3 Å². The zero-order chi connectivity index (χ0) is 13.4. The van der Waals surface area contributed by atoms with Crippen LogP contribution in [0.15, 0.2) is 30.3 Å². The van der Waals surface area contributed by atoms with Gasteiger partial charge in [0.25, 0.3) is 0 Å². The van der Waals surface area contributed by atoms with Gasteiger partial charge in [0.15, 0.2) is 0 Å². The third kappa shape index (κ3) is 2.35. The summed E-state index contributed by atoms with van der Waals surface area (Å²) in [6.07, 6.45) is 2.67. The number of amides is 2. The number of nitrogens with one attached hydrogen (secondary N) is 1. The fourth-order valence-electron chi connectivity index (χ4n) is 2.68. The third-order valence-corrected chi connectivity index (χ3v) is 4.05. The highest BCUT2D eigenvalue weighted by Gasteiger charge is 2.45. The minimum atomic E-state index is -0.384. The number of piperazine rings is 1. The molecule has 1 aromatic rings. The maximum absolute atomic E-state index is 12.3. The number of rotatable bonds is 3. The number of hydrogen-bond donors (Lipinski definition) is 1. The molecule has 2 fully saturated rings. The SMILES string of the molecule is CN1C(=O)C(C2CC2)NC(=O)C1Cc1ccccc1. The van der Waals surface area contributed by atoms with E-state index in [2.05, 4.69) is 5.32 Å². The summed E-state index contributed by atoms with van der Waals surface area (Å²) in [6.45, 7) is 0. The first kappa shape index (κ1) is 12.2. The Labute approximate surface area is 112 Å². The molecule has 2 unspecified atom stereocenters. The van der Waals surface area contributed by atoms with Crippen LogP contribution in [0.2, 0.25) is 0 Å². The second-order valence-electron chi connectivity index (χ2n) is 5.48. The molecule has 1 saturated carbocycles. The van der Waals surface area contributed by atoms with Gasteiger partial charge in [0.05, 0.1) is 0 Å². The molecule has 0 spiro atoms. The number of benzene rings is 1. The van der Waals surface area contributed by atoms with Crippen LogP contribution in [0.5, 0.6) is 0 Å². The van der Waals surface area contributed by atoms with Crippen molar-refractivity contribution in [2.45, 2.75) is 31.3 Å². The van der Waals surface area contributed by atoms with E-state index in [9.17, 15) is 9.59 Å². The maximum Gasteiger partial charge on any atom is 0.245 e. The molecule has 1 aliphatic carbocycles. The molecule has 1 heterocycles. The van der Waals surface area contributed by atoms with Crippen LogP contribution in [-0.2, 0) is 16.0 Å². The Morgan fingerprint density at radius 1 is 1.21 bits per heavy atom. The van der Waals surface area contributed by atoms with E-state index in [4.69, 9.17) is 0 Å². The molecule has 1 aromatic carbocycles. The molecule has 0 radical (unpaired) electrons. The van der Waals surface area contributed by atoms with Crippen molar-refractivity contribution in [2.75, 3.05) is 7.05 Å². The Balaban J connectivity index is 1.75. The summed E-state index contributed by atoms with van der Waals surface area (Å²) in [6, 6.07) is 9.14. The van der Waals surface area contributed by atoms with Crippen molar-refractivity contribution in [3.05, 3.63) is 35.9 Å². The number of hydrogen-bond acceptors (Lipinski definition) is 2. The van der Waals surface area contributed by atoms with Gasteiger partial charge in [-0.3, -0.25) is 9.59 Å². The number of carbonyl (C=O) groups excluding carboxylic acids is 2. The van der Waals surface area contributed by atoms with E-state index in [-0.39, 0.29) is 23.9 Å². The van der Waals surface area contributed by atoms with Crippen molar-refractivity contribution < 1.29 is 9.59 Å². The van der Waals surface area contributed by atoms with Crippen LogP contribution in [0.1, 0.15) is 18.4 Å². The molecule has 1 saturated heterocycles. The predicted octanol–water partition coefficient (Wildman–Crippen LogP) is 0.964. The molecule has 4 nitrogen and oxygen atoms in total. The second-order valence-corrected chi connectivity index (χ2v) is 5.48. The molecular weight excluding hydrogens is 240 g/mol. The van der Waals surface area contributed by atoms with E-state index in [1.807, 2.05) is 30.3 Å². The number of nitrogens with zero attached hydrogens (tertiary/aromatic N) is 1. The minimum Gasteiger partial charge on any atom is -0.342 e. The topological polar surface area (TPSA) is 49.4 Å². The average Bonchev–Trinajstić information content (AvgIpc) is 3.24. The van der Waals surface area contributed by atoms with Crippen LogP contribution in [0.3, 0.4) is 0 Å². The molecule has 2 aliphatic rings. The van der Waals surface area contributed by atoms with Crippen molar-refractivity contribution in [2.24, 2.45) is 5.92 Å². The molecule has 4 heteroatoms. The van der Waals surface area contributed by atoms with E-state index in [1.165, 1.54) is 0 Å². The van der Waals surface area contributed by atoms with Gasteiger partial charge in [-0.15, -0.1) is 0 Å². The van der Waals surface area contributed by atoms with Gasteiger partial charge in [-0.2, -0.15) is 0 Å². The lowest BCUT2D eigenvalue weighted by Crippen LogP contribution is -2.63. The molecule has 1 N–H and O–H groups in total. The Hall–Kier alpha value is -1.84. The maximum atomic E-state index is 12.3. The van der Waals surface area contributed by atoms with E-state index < -0.39 is 0 Å². The first-order valence-electron chi connectivity index (χ1n) is 6.78. The molecule has 1 aliphatic heterocycles. The molecule has 3 rings (SSSR count). The monoisotopic (exact) mass is 258 g/mol. The normalized spacial score (nSPS) is 27.3. The Morgan fingerprint density at radius 2 is 1.89 bits per heavy atom. The predicted molar refractivity (Wildman–Crippen MR) is 71.4 cm³/mol. The summed E-state index contributed by atoms with van der Waals surface area (Å²) in [5.41, 5.74) is 1.08. The fraction of sp³-hybridized carbons (Fsp3) is 0.467. The zero-order valence-electron chi connectivity index (χ0n) is 11.0. The summed E-state index contributed by atoms with van der Waals surface area (Å²) >= 11 is 0. The fourth-order valence-corrected chi connectivity index (χ4v) is 2.68. The summed E-state index contributed by atoms with van der Waals surface area (Å²) < 4.78 is 0. The van der Waals surface area contributed by atoms with E-state index >= 15 is 0 Å². The Bertz CT molecular complexity index is 496. The van der Waals surface area contributed by atoms with Crippen LogP contribution in [0.4, 0.5) is 0 Å². The summed E-state index contributed by atoms with van der Waals surface area (Å²) in [7, 11) is 1.74. The second kappa shape index (κ2) is 4.68. The zero-order valence-corrected chi connectivity index (χ0v) is 11.0. The number of carbonyl (C=O) groups is 2. The lowest BCUT2D eigenvalue weighted by Gasteiger charge is -2.36. The molecule has 19 heavy (non-hydrogen) atoms. The highest BCUT2D eigenvalue weighted by atomic mass is 16.2. The third-order valence-electron chi connectivity index (χ3n) is 4.05. The highest BCUT2D eigenvalue weighted by Crippen LogP contribution is 2.35.